The Kier molecular flexibility index (Phi) is 5.72. The van der Waals surface area contributed by atoms with Gasteiger partial charge in [0.2, 0.25) is 0 Å². The first-order chi connectivity index (χ1) is 13.1. The largest absolute Gasteiger partial charge is 0.466 e. The van der Waals surface area contributed by atoms with E-state index < -0.39 is 5.91 Å². The van der Waals surface area contributed by atoms with Gasteiger partial charge in [-0.25, -0.2) is 4.98 Å². The first-order valence-corrected chi connectivity index (χ1v) is 9.02. The molecule has 1 amide bonds. The zero-order valence-corrected chi connectivity index (χ0v) is 15.2. The highest BCUT2D eigenvalue weighted by Crippen LogP contribution is 2.17. The van der Waals surface area contributed by atoms with Crippen LogP contribution in [0.25, 0.3) is 5.69 Å². The summed E-state index contributed by atoms with van der Waals surface area (Å²) in [5, 5.41) is 8.74. The van der Waals surface area contributed by atoms with Crippen molar-refractivity contribution in [3.05, 3.63) is 69.6 Å². The number of thiazole rings is 1. The number of aromatic nitrogens is 3. The Hall–Kier alpha value is -3.33. The number of amides is 1. The van der Waals surface area contributed by atoms with Crippen LogP contribution in [-0.2, 0) is 16.0 Å². The topological polar surface area (TPSA) is 103 Å². The monoisotopic (exact) mass is 384 g/mol. The Labute approximate surface area is 158 Å². The molecule has 138 valence electrons. The Morgan fingerprint density at radius 1 is 1.19 bits per heavy atom. The van der Waals surface area contributed by atoms with Gasteiger partial charge in [0.15, 0.2) is 5.13 Å². The molecule has 0 spiro atoms. The molecule has 0 radical (unpaired) electrons. The summed E-state index contributed by atoms with van der Waals surface area (Å²) < 4.78 is 6.02. The van der Waals surface area contributed by atoms with E-state index in [0.717, 1.165) is 4.68 Å². The molecule has 0 aliphatic carbocycles. The molecule has 0 bridgehead atoms. The molecule has 0 aliphatic rings. The molecule has 0 aliphatic heterocycles. The number of hydrogen-bond donors (Lipinski definition) is 1. The number of para-hydroxylation sites is 1. The summed E-state index contributed by atoms with van der Waals surface area (Å²) >= 11 is 1.19. The maximum absolute atomic E-state index is 12.4. The van der Waals surface area contributed by atoms with Gasteiger partial charge in [0.25, 0.3) is 11.5 Å². The molecular weight excluding hydrogens is 368 g/mol. The lowest BCUT2D eigenvalue weighted by Gasteiger charge is -2.06. The van der Waals surface area contributed by atoms with Gasteiger partial charge >= 0.3 is 5.97 Å². The molecule has 2 heterocycles. The van der Waals surface area contributed by atoms with E-state index in [4.69, 9.17) is 4.74 Å². The molecule has 0 saturated heterocycles. The summed E-state index contributed by atoms with van der Waals surface area (Å²) in [4.78, 5) is 40.1. The van der Waals surface area contributed by atoms with Crippen LogP contribution in [0.3, 0.4) is 0 Å². The van der Waals surface area contributed by atoms with Gasteiger partial charge in [-0.3, -0.25) is 19.7 Å². The number of carbonyl (C=O) groups excluding carboxylic acids is 2. The van der Waals surface area contributed by atoms with Gasteiger partial charge in [-0.1, -0.05) is 18.2 Å². The van der Waals surface area contributed by atoms with Crippen molar-refractivity contribution in [2.75, 3.05) is 11.9 Å². The van der Waals surface area contributed by atoms with Crippen LogP contribution in [0.5, 0.6) is 0 Å². The summed E-state index contributed by atoms with van der Waals surface area (Å²) in [6, 6.07) is 11.4. The van der Waals surface area contributed by atoms with Crippen LogP contribution in [0.2, 0.25) is 0 Å². The summed E-state index contributed by atoms with van der Waals surface area (Å²) in [5.74, 6) is -0.881. The van der Waals surface area contributed by atoms with Crippen molar-refractivity contribution in [1.29, 1.82) is 0 Å². The molecule has 8 nitrogen and oxygen atoms in total. The average Bonchev–Trinajstić information content (AvgIpc) is 3.09. The molecule has 27 heavy (non-hydrogen) atoms. The number of benzene rings is 1. The van der Waals surface area contributed by atoms with Crippen LogP contribution in [0.15, 0.2) is 52.6 Å². The van der Waals surface area contributed by atoms with Gasteiger partial charge in [-0.2, -0.15) is 9.78 Å². The third-order valence-corrected chi connectivity index (χ3v) is 4.24. The minimum absolute atomic E-state index is 0.0390. The van der Waals surface area contributed by atoms with Crippen LogP contribution < -0.4 is 10.9 Å². The molecule has 0 atom stereocenters. The third-order valence-electron chi connectivity index (χ3n) is 3.44. The second-order valence-electron chi connectivity index (χ2n) is 5.38. The van der Waals surface area contributed by atoms with E-state index in [1.54, 1.807) is 36.6 Å². The quantitative estimate of drug-likeness (QED) is 0.653. The lowest BCUT2D eigenvalue weighted by Crippen LogP contribution is -2.24. The number of nitrogens with one attached hydrogen (secondary N) is 1. The number of esters is 1. The van der Waals surface area contributed by atoms with Gasteiger partial charge in [-0.05, 0) is 25.1 Å². The smallest absolute Gasteiger partial charge is 0.311 e. The average molecular weight is 384 g/mol. The molecule has 2 aromatic heterocycles. The fraction of sp³-hybridized carbons (Fsp3) is 0.167. The standard InChI is InChI=1S/C18H16N4O4S/c1-2-26-16(24)10-12-11-27-18(19-12)20-17(25)14-8-9-15(23)22(21-14)13-6-4-3-5-7-13/h3-9,11H,2,10H2,1H3,(H,19,20,25). The van der Waals surface area contributed by atoms with Crippen LogP contribution in [-0.4, -0.2) is 33.2 Å². The van der Waals surface area contributed by atoms with Crippen molar-refractivity contribution < 1.29 is 14.3 Å². The van der Waals surface area contributed by atoms with Gasteiger partial charge in [0.1, 0.15) is 5.69 Å². The first-order valence-electron chi connectivity index (χ1n) is 8.14. The Morgan fingerprint density at radius 3 is 2.70 bits per heavy atom. The fourth-order valence-electron chi connectivity index (χ4n) is 2.25. The fourth-order valence-corrected chi connectivity index (χ4v) is 2.96. The Balaban J connectivity index is 1.75. The van der Waals surface area contributed by atoms with Crippen molar-refractivity contribution in [1.82, 2.24) is 14.8 Å². The predicted octanol–water partition coefficient (Wildman–Crippen LogP) is 2.05. The van der Waals surface area contributed by atoms with Crippen LogP contribution >= 0.6 is 11.3 Å². The molecule has 9 heteroatoms. The van der Waals surface area contributed by atoms with Crippen molar-refractivity contribution in [3.8, 4) is 5.69 Å². The van der Waals surface area contributed by atoms with Gasteiger partial charge in [0, 0.05) is 11.4 Å². The highest BCUT2D eigenvalue weighted by molar-refractivity contribution is 7.14. The molecule has 3 rings (SSSR count). The maximum Gasteiger partial charge on any atom is 0.311 e. The van der Waals surface area contributed by atoms with E-state index in [1.165, 1.54) is 23.5 Å². The van der Waals surface area contributed by atoms with E-state index in [-0.39, 0.29) is 23.6 Å². The normalized spacial score (nSPS) is 10.4. The van der Waals surface area contributed by atoms with Gasteiger partial charge < -0.3 is 4.74 Å². The molecule has 1 aromatic carbocycles. The van der Waals surface area contributed by atoms with E-state index in [9.17, 15) is 14.4 Å². The minimum atomic E-state index is -0.503. The summed E-state index contributed by atoms with van der Waals surface area (Å²) in [6.07, 6.45) is 0.0390. The van der Waals surface area contributed by atoms with Crippen molar-refractivity contribution in [3.63, 3.8) is 0 Å². The number of anilines is 1. The summed E-state index contributed by atoms with van der Waals surface area (Å²) in [7, 11) is 0. The van der Waals surface area contributed by atoms with Crippen molar-refractivity contribution >= 4 is 28.3 Å². The van der Waals surface area contributed by atoms with E-state index in [1.807, 2.05) is 6.07 Å². The highest BCUT2D eigenvalue weighted by atomic mass is 32.1. The highest BCUT2D eigenvalue weighted by Gasteiger charge is 2.14. The predicted molar refractivity (Wildman–Crippen MR) is 100 cm³/mol. The van der Waals surface area contributed by atoms with E-state index in [2.05, 4.69) is 15.4 Å². The minimum Gasteiger partial charge on any atom is -0.466 e. The molecule has 1 N–H and O–H groups in total. The molecule has 0 fully saturated rings. The van der Waals surface area contributed by atoms with E-state index in [0.29, 0.717) is 23.1 Å². The maximum atomic E-state index is 12.4. The molecule has 3 aromatic rings. The summed E-state index contributed by atoms with van der Waals surface area (Å²) in [6.45, 7) is 2.03. The second kappa shape index (κ2) is 8.37. The number of rotatable bonds is 6. The molecule has 0 unspecified atom stereocenters. The molecular formula is C18H16N4O4S. The van der Waals surface area contributed by atoms with Gasteiger partial charge in [-0.15, -0.1) is 11.3 Å². The van der Waals surface area contributed by atoms with Gasteiger partial charge in [0.05, 0.1) is 24.4 Å². The number of hydrogen-bond acceptors (Lipinski definition) is 7. The number of ether oxygens (including phenoxy) is 1. The van der Waals surface area contributed by atoms with Crippen molar-refractivity contribution in [2.45, 2.75) is 13.3 Å². The zero-order valence-electron chi connectivity index (χ0n) is 14.4. The zero-order chi connectivity index (χ0) is 19.2. The number of nitrogens with zero attached hydrogens (tertiary/aromatic N) is 3. The second-order valence-corrected chi connectivity index (χ2v) is 6.24. The Bertz CT molecular complexity index is 1010. The Morgan fingerprint density at radius 2 is 1.96 bits per heavy atom. The SMILES string of the molecule is CCOC(=O)Cc1csc(NC(=O)c2ccc(=O)n(-c3ccccc3)n2)n1. The molecule has 0 saturated carbocycles. The van der Waals surface area contributed by atoms with Crippen LogP contribution in [0.4, 0.5) is 5.13 Å². The first kappa shape index (κ1) is 18.5. The lowest BCUT2D eigenvalue weighted by atomic mass is 10.3. The van der Waals surface area contributed by atoms with Crippen LogP contribution in [0.1, 0.15) is 23.1 Å². The summed E-state index contributed by atoms with van der Waals surface area (Å²) in [5.41, 5.74) is 0.795. The number of carbonyl (C=O) groups is 2. The third kappa shape index (κ3) is 4.64. The lowest BCUT2D eigenvalue weighted by molar-refractivity contribution is -0.142. The van der Waals surface area contributed by atoms with E-state index >= 15 is 0 Å². The van der Waals surface area contributed by atoms with Crippen LogP contribution in [0, 0.1) is 0 Å². The van der Waals surface area contributed by atoms with Crippen molar-refractivity contribution in [2.24, 2.45) is 0 Å².